The van der Waals surface area contributed by atoms with Crippen LogP contribution in [0.5, 0.6) is 11.5 Å². The van der Waals surface area contributed by atoms with Gasteiger partial charge in [-0.1, -0.05) is 60.7 Å². The van der Waals surface area contributed by atoms with Crippen molar-refractivity contribution >= 4 is 45.4 Å². The minimum atomic E-state index is -0.0885. The van der Waals surface area contributed by atoms with Gasteiger partial charge >= 0.3 is 0 Å². The summed E-state index contributed by atoms with van der Waals surface area (Å²) >= 11 is 0. The minimum Gasteiger partial charge on any atom is -0.457 e. The molecule has 2 heterocycles. The third-order valence-corrected chi connectivity index (χ3v) is 6.40. The molecule has 0 fully saturated rings. The fraction of sp³-hybridized carbons (Fsp3) is 0.0303. The van der Waals surface area contributed by atoms with Crippen LogP contribution in [0, 0.1) is 22.7 Å². The topological polar surface area (TPSA) is 123 Å². The normalized spacial score (nSPS) is 11.8. The van der Waals surface area contributed by atoms with Crippen molar-refractivity contribution in [2.45, 2.75) is 0 Å². The Kier molecular flexibility index (Phi) is 6.95. The zero-order valence-corrected chi connectivity index (χ0v) is 21.7. The summed E-state index contributed by atoms with van der Waals surface area (Å²) in [5.41, 5.74) is 5.45. The average Bonchev–Trinajstić information content (AvgIpc) is 3.64. The summed E-state index contributed by atoms with van der Waals surface area (Å²) in [6.45, 7) is -0.0885. The maximum atomic E-state index is 9.85. The molecule has 0 aliphatic rings. The van der Waals surface area contributed by atoms with E-state index in [1.165, 1.54) is 0 Å². The first-order valence-electron chi connectivity index (χ1n) is 12.8. The SMILES string of the molecule is N#C/C(=C\c1ccccc1OCOc1ccccc1/C=C(\C#N)c1nc2ccccc2[nH]1)c1nc2ccccc2[nH]1. The highest BCUT2D eigenvalue weighted by atomic mass is 16.7. The molecule has 2 aromatic heterocycles. The number of fused-ring (bicyclic) bond motifs is 2. The molecule has 2 N–H and O–H groups in total. The Labute approximate surface area is 235 Å². The van der Waals surface area contributed by atoms with Gasteiger partial charge in [-0.05, 0) is 48.6 Å². The Hall–Kier alpha value is -6.12. The highest BCUT2D eigenvalue weighted by Gasteiger charge is 2.12. The van der Waals surface area contributed by atoms with Gasteiger partial charge in [0.1, 0.15) is 35.3 Å². The van der Waals surface area contributed by atoms with E-state index in [4.69, 9.17) is 9.47 Å². The van der Waals surface area contributed by atoms with Crippen LogP contribution in [-0.4, -0.2) is 26.7 Å². The van der Waals surface area contributed by atoms with Crippen molar-refractivity contribution in [2.24, 2.45) is 0 Å². The third-order valence-electron chi connectivity index (χ3n) is 6.40. The van der Waals surface area contributed by atoms with E-state index < -0.39 is 0 Å². The zero-order chi connectivity index (χ0) is 28.0. The molecule has 0 radical (unpaired) electrons. The number of aromatic nitrogens is 4. The first-order valence-corrected chi connectivity index (χ1v) is 12.8. The number of allylic oxidation sites excluding steroid dienone is 2. The van der Waals surface area contributed by atoms with Crippen molar-refractivity contribution in [1.82, 2.24) is 19.9 Å². The molecule has 0 spiro atoms. The zero-order valence-electron chi connectivity index (χ0n) is 21.7. The summed E-state index contributed by atoms with van der Waals surface area (Å²) in [6.07, 6.45) is 3.46. The number of para-hydroxylation sites is 6. The molecule has 0 bridgehead atoms. The van der Waals surface area contributed by atoms with Gasteiger partial charge in [-0.3, -0.25) is 0 Å². The van der Waals surface area contributed by atoms with Crippen LogP contribution >= 0.6 is 0 Å². The molecule has 0 aliphatic heterocycles. The third kappa shape index (κ3) is 5.40. The Morgan fingerprint density at radius 3 is 1.46 bits per heavy atom. The number of ether oxygens (including phenoxy) is 2. The maximum Gasteiger partial charge on any atom is 0.230 e. The van der Waals surface area contributed by atoms with Crippen LogP contribution in [-0.2, 0) is 0 Å². The Morgan fingerprint density at radius 1 is 0.610 bits per heavy atom. The average molecular weight is 535 g/mol. The number of nitrogens with zero attached hydrogens (tertiary/aromatic N) is 4. The lowest BCUT2D eigenvalue weighted by Gasteiger charge is -2.12. The summed E-state index contributed by atoms with van der Waals surface area (Å²) in [4.78, 5) is 15.5. The lowest BCUT2D eigenvalue weighted by Crippen LogP contribution is -2.07. The predicted molar refractivity (Wildman–Crippen MR) is 158 cm³/mol. The fourth-order valence-corrected chi connectivity index (χ4v) is 4.40. The molecule has 0 unspecified atom stereocenters. The number of aromatic amines is 2. The quantitative estimate of drug-likeness (QED) is 0.160. The molecular weight excluding hydrogens is 512 g/mol. The Balaban J connectivity index is 1.21. The van der Waals surface area contributed by atoms with E-state index >= 15 is 0 Å². The molecule has 0 saturated heterocycles. The standard InChI is InChI=1S/C33H22N6O2/c34-19-24(32-36-26-11-3-4-12-27(26)37-32)17-22-9-1-7-15-30(22)40-21-41-31-16-8-2-10-23(31)18-25(20-35)33-38-28-13-5-6-14-29(28)39-33/h1-18H,21H2,(H,36,37)(H,38,39)/b24-17+,25-18+. The van der Waals surface area contributed by atoms with E-state index in [-0.39, 0.29) is 6.79 Å². The lowest BCUT2D eigenvalue weighted by atomic mass is 10.1. The van der Waals surface area contributed by atoms with Gasteiger partial charge in [-0.15, -0.1) is 0 Å². The van der Waals surface area contributed by atoms with E-state index in [1.54, 1.807) is 12.2 Å². The lowest BCUT2D eigenvalue weighted by molar-refractivity contribution is 0.119. The summed E-state index contributed by atoms with van der Waals surface area (Å²) in [7, 11) is 0. The molecule has 6 rings (SSSR count). The van der Waals surface area contributed by atoms with E-state index in [0.29, 0.717) is 45.4 Å². The molecule has 0 atom stereocenters. The number of rotatable bonds is 8. The van der Waals surface area contributed by atoms with E-state index in [2.05, 4.69) is 32.1 Å². The number of hydrogen-bond acceptors (Lipinski definition) is 6. The van der Waals surface area contributed by atoms with Crippen molar-refractivity contribution in [2.75, 3.05) is 6.79 Å². The molecule has 0 saturated carbocycles. The Bertz CT molecular complexity index is 1810. The first kappa shape index (κ1) is 25.2. The summed E-state index contributed by atoms with van der Waals surface area (Å²) in [5.74, 6) is 2.06. The minimum absolute atomic E-state index is 0.0885. The Morgan fingerprint density at radius 2 is 1.02 bits per heavy atom. The maximum absolute atomic E-state index is 9.85. The fourth-order valence-electron chi connectivity index (χ4n) is 4.40. The molecule has 196 valence electrons. The molecular formula is C33H22N6O2. The van der Waals surface area contributed by atoms with Crippen LogP contribution in [0.3, 0.4) is 0 Å². The number of hydrogen-bond donors (Lipinski definition) is 2. The van der Waals surface area contributed by atoms with Gasteiger partial charge in [0.05, 0.1) is 33.2 Å². The number of benzene rings is 4. The van der Waals surface area contributed by atoms with Crippen LogP contribution in [0.4, 0.5) is 0 Å². The smallest absolute Gasteiger partial charge is 0.230 e. The van der Waals surface area contributed by atoms with Crippen molar-refractivity contribution in [3.05, 3.63) is 120 Å². The summed E-state index contributed by atoms with van der Waals surface area (Å²) in [6, 6.07) is 34.5. The van der Waals surface area contributed by atoms with Gasteiger partial charge in [0.15, 0.2) is 0 Å². The van der Waals surface area contributed by atoms with Gasteiger partial charge in [0, 0.05) is 11.1 Å². The van der Waals surface area contributed by atoms with Gasteiger partial charge in [0.25, 0.3) is 0 Å². The van der Waals surface area contributed by atoms with E-state index in [0.717, 1.165) is 22.1 Å². The highest BCUT2D eigenvalue weighted by molar-refractivity contribution is 5.92. The second-order valence-electron chi connectivity index (χ2n) is 9.03. The van der Waals surface area contributed by atoms with Crippen molar-refractivity contribution in [1.29, 1.82) is 10.5 Å². The largest absolute Gasteiger partial charge is 0.457 e. The van der Waals surface area contributed by atoms with E-state index in [9.17, 15) is 10.5 Å². The predicted octanol–water partition coefficient (Wildman–Crippen LogP) is 6.98. The number of nitriles is 2. The van der Waals surface area contributed by atoms with Crippen LogP contribution in [0.1, 0.15) is 22.8 Å². The monoisotopic (exact) mass is 534 g/mol. The number of imidazole rings is 2. The molecule has 6 aromatic rings. The molecule has 8 nitrogen and oxygen atoms in total. The second-order valence-corrected chi connectivity index (χ2v) is 9.03. The van der Waals surface area contributed by atoms with Gasteiger partial charge in [-0.2, -0.15) is 10.5 Å². The highest BCUT2D eigenvalue weighted by Crippen LogP contribution is 2.27. The molecule has 8 heteroatoms. The summed E-state index contributed by atoms with van der Waals surface area (Å²) in [5, 5.41) is 19.7. The molecule has 4 aromatic carbocycles. The number of H-pyrrole nitrogens is 2. The van der Waals surface area contributed by atoms with Crippen LogP contribution in [0.2, 0.25) is 0 Å². The van der Waals surface area contributed by atoms with Crippen molar-refractivity contribution < 1.29 is 9.47 Å². The van der Waals surface area contributed by atoms with Crippen molar-refractivity contribution in [3.63, 3.8) is 0 Å². The summed E-state index contributed by atoms with van der Waals surface area (Å²) < 4.78 is 12.0. The van der Waals surface area contributed by atoms with Crippen molar-refractivity contribution in [3.8, 4) is 23.6 Å². The first-order chi connectivity index (χ1) is 20.2. The van der Waals surface area contributed by atoms with Gasteiger partial charge < -0.3 is 19.4 Å². The van der Waals surface area contributed by atoms with Gasteiger partial charge in [0.2, 0.25) is 6.79 Å². The molecule has 0 amide bonds. The van der Waals surface area contributed by atoms with Crippen LogP contribution in [0.25, 0.3) is 45.4 Å². The molecule has 41 heavy (non-hydrogen) atoms. The van der Waals surface area contributed by atoms with Crippen LogP contribution < -0.4 is 9.47 Å². The number of nitrogens with one attached hydrogen (secondary N) is 2. The molecule has 0 aliphatic carbocycles. The second kappa shape index (κ2) is 11.3. The van der Waals surface area contributed by atoms with Crippen LogP contribution in [0.15, 0.2) is 97.1 Å². The van der Waals surface area contributed by atoms with Gasteiger partial charge in [-0.25, -0.2) is 9.97 Å². The van der Waals surface area contributed by atoms with E-state index in [1.807, 2.05) is 97.1 Å².